The van der Waals surface area contributed by atoms with Gasteiger partial charge in [0.15, 0.2) is 0 Å². The van der Waals surface area contributed by atoms with Crippen LogP contribution < -0.4 is 0 Å². The van der Waals surface area contributed by atoms with Crippen LogP contribution in [0, 0.1) is 5.92 Å². The molecule has 2 aromatic rings. The van der Waals surface area contributed by atoms with Crippen molar-refractivity contribution in [3.8, 4) is 0 Å². The third-order valence-electron chi connectivity index (χ3n) is 5.30. The van der Waals surface area contributed by atoms with Gasteiger partial charge in [0.25, 0.3) is 0 Å². The van der Waals surface area contributed by atoms with Crippen molar-refractivity contribution in [3.63, 3.8) is 0 Å². The van der Waals surface area contributed by atoms with Crippen molar-refractivity contribution in [1.82, 2.24) is 4.90 Å². The van der Waals surface area contributed by atoms with Gasteiger partial charge < -0.3 is 14.4 Å². The van der Waals surface area contributed by atoms with E-state index in [4.69, 9.17) is 9.47 Å². The number of ether oxygens (including phenoxy) is 2. The Morgan fingerprint density at radius 2 is 1.85 bits per heavy atom. The molecule has 0 radical (unpaired) electrons. The molecule has 0 N–H and O–H groups in total. The minimum absolute atomic E-state index is 0.282. The van der Waals surface area contributed by atoms with Gasteiger partial charge in [0.1, 0.15) is 0 Å². The van der Waals surface area contributed by atoms with E-state index in [1.54, 1.807) is 6.92 Å². The zero-order valence-electron chi connectivity index (χ0n) is 16.2. The van der Waals surface area contributed by atoms with E-state index in [1.807, 2.05) is 61.3 Å². The first-order chi connectivity index (χ1) is 13.0. The summed E-state index contributed by atoms with van der Waals surface area (Å²) in [5, 5.41) is 2.09. The molecular weight excluding hydrogens is 342 g/mol. The first-order valence-electron chi connectivity index (χ1n) is 9.14. The van der Waals surface area contributed by atoms with Gasteiger partial charge >= 0.3 is 11.9 Å². The Hall–Kier alpha value is -2.82. The van der Waals surface area contributed by atoms with Crippen LogP contribution in [0.25, 0.3) is 10.8 Å². The average molecular weight is 367 g/mol. The van der Waals surface area contributed by atoms with Crippen LogP contribution in [0.3, 0.4) is 0 Å². The van der Waals surface area contributed by atoms with Gasteiger partial charge in [-0.3, -0.25) is 4.79 Å². The van der Waals surface area contributed by atoms with Gasteiger partial charge in [-0.15, -0.1) is 0 Å². The summed E-state index contributed by atoms with van der Waals surface area (Å²) in [5.41, 5.74) is 2.29. The fraction of sp³-hybridized carbons (Fsp3) is 0.364. The van der Waals surface area contributed by atoms with Crippen LogP contribution >= 0.6 is 0 Å². The quantitative estimate of drug-likeness (QED) is 0.774. The van der Waals surface area contributed by atoms with Gasteiger partial charge in [-0.05, 0) is 30.2 Å². The van der Waals surface area contributed by atoms with Crippen LogP contribution in [0.15, 0.2) is 53.7 Å². The Morgan fingerprint density at radius 1 is 1.15 bits per heavy atom. The summed E-state index contributed by atoms with van der Waals surface area (Å²) in [6, 6.07) is 14.0. The zero-order valence-corrected chi connectivity index (χ0v) is 16.2. The van der Waals surface area contributed by atoms with E-state index in [-0.39, 0.29) is 18.5 Å². The van der Waals surface area contributed by atoms with Crippen molar-refractivity contribution in [2.45, 2.75) is 19.8 Å². The molecule has 0 aliphatic carbocycles. The SMILES string of the molecule is CCOC(=O)C1=C(C)N(C)C[C@@H](C(=O)OC)[C@@H]1c1cccc2ccccc12. The Labute approximate surface area is 159 Å². The van der Waals surface area contributed by atoms with E-state index in [0.717, 1.165) is 22.0 Å². The number of methoxy groups -OCH3 is 1. The number of esters is 2. The van der Waals surface area contributed by atoms with Gasteiger partial charge in [-0.2, -0.15) is 0 Å². The zero-order chi connectivity index (χ0) is 19.6. The molecule has 27 heavy (non-hydrogen) atoms. The second kappa shape index (κ2) is 7.82. The highest BCUT2D eigenvalue weighted by Gasteiger charge is 2.42. The fourth-order valence-electron chi connectivity index (χ4n) is 3.91. The fourth-order valence-corrected chi connectivity index (χ4v) is 3.91. The number of hydrogen-bond donors (Lipinski definition) is 0. The summed E-state index contributed by atoms with van der Waals surface area (Å²) < 4.78 is 10.4. The molecule has 0 bridgehead atoms. The summed E-state index contributed by atoms with van der Waals surface area (Å²) in [7, 11) is 3.27. The number of fused-ring (bicyclic) bond motifs is 1. The summed E-state index contributed by atoms with van der Waals surface area (Å²) >= 11 is 0. The number of hydrogen-bond acceptors (Lipinski definition) is 5. The molecule has 0 fully saturated rings. The topological polar surface area (TPSA) is 55.8 Å². The molecule has 0 saturated carbocycles. The third kappa shape index (κ3) is 3.42. The van der Waals surface area contributed by atoms with Crippen molar-refractivity contribution in [2.75, 3.05) is 27.3 Å². The molecule has 3 rings (SSSR count). The summed E-state index contributed by atoms with van der Waals surface area (Å²) in [5.74, 6) is -1.62. The summed E-state index contributed by atoms with van der Waals surface area (Å²) in [6.45, 7) is 4.45. The first kappa shape index (κ1) is 19.0. The maximum atomic E-state index is 12.9. The van der Waals surface area contributed by atoms with E-state index >= 15 is 0 Å². The second-order valence-electron chi connectivity index (χ2n) is 6.78. The molecule has 5 heteroatoms. The number of carbonyl (C=O) groups is 2. The summed E-state index contributed by atoms with van der Waals surface area (Å²) in [6.07, 6.45) is 0. The molecule has 0 spiro atoms. The van der Waals surface area contributed by atoms with Crippen LogP contribution in [0.1, 0.15) is 25.3 Å². The Morgan fingerprint density at radius 3 is 2.56 bits per heavy atom. The van der Waals surface area contributed by atoms with E-state index in [2.05, 4.69) is 0 Å². The van der Waals surface area contributed by atoms with Gasteiger partial charge in [-0.25, -0.2) is 4.79 Å². The van der Waals surface area contributed by atoms with E-state index in [0.29, 0.717) is 12.1 Å². The molecule has 1 aliphatic heterocycles. The largest absolute Gasteiger partial charge is 0.469 e. The highest BCUT2D eigenvalue weighted by Crippen LogP contribution is 2.42. The second-order valence-corrected chi connectivity index (χ2v) is 6.78. The molecule has 0 amide bonds. The lowest BCUT2D eigenvalue weighted by molar-refractivity contribution is -0.147. The number of carbonyl (C=O) groups excluding carboxylic acids is 2. The number of rotatable bonds is 4. The minimum atomic E-state index is -0.492. The number of benzene rings is 2. The lowest BCUT2D eigenvalue weighted by Gasteiger charge is -2.38. The van der Waals surface area contributed by atoms with E-state index < -0.39 is 11.8 Å². The van der Waals surface area contributed by atoms with Crippen molar-refractivity contribution in [1.29, 1.82) is 0 Å². The van der Waals surface area contributed by atoms with Crippen LogP contribution in [-0.4, -0.2) is 44.1 Å². The Bertz CT molecular complexity index is 897. The molecular formula is C22H25NO4. The normalized spacial score (nSPS) is 19.9. The molecule has 5 nitrogen and oxygen atoms in total. The lowest BCUT2D eigenvalue weighted by atomic mass is 9.75. The number of allylic oxidation sites excluding steroid dienone is 1. The van der Waals surface area contributed by atoms with Crippen LogP contribution in [0.2, 0.25) is 0 Å². The molecule has 1 aliphatic rings. The third-order valence-corrected chi connectivity index (χ3v) is 5.30. The van der Waals surface area contributed by atoms with Crippen LogP contribution in [0.5, 0.6) is 0 Å². The first-order valence-corrected chi connectivity index (χ1v) is 9.14. The average Bonchev–Trinajstić information content (AvgIpc) is 2.68. The minimum Gasteiger partial charge on any atom is -0.469 e. The molecule has 2 atom stereocenters. The predicted octanol–water partition coefficient (Wildman–Crippen LogP) is 3.50. The summed E-state index contributed by atoms with van der Waals surface area (Å²) in [4.78, 5) is 27.4. The predicted molar refractivity (Wildman–Crippen MR) is 104 cm³/mol. The van der Waals surface area contributed by atoms with Crippen molar-refractivity contribution >= 4 is 22.7 Å². The van der Waals surface area contributed by atoms with E-state index in [9.17, 15) is 9.59 Å². The van der Waals surface area contributed by atoms with Crippen LogP contribution in [0.4, 0.5) is 0 Å². The molecule has 142 valence electrons. The smallest absolute Gasteiger partial charge is 0.336 e. The standard InChI is InChI=1S/C22H25NO4/c1-5-27-22(25)19-14(2)23(3)13-18(21(24)26-4)20(19)17-12-8-10-15-9-6-7-11-16(15)17/h6-12,18,20H,5,13H2,1-4H3/t18-,20+/m1/s1. The van der Waals surface area contributed by atoms with Crippen molar-refractivity contribution in [2.24, 2.45) is 5.92 Å². The number of nitrogens with zero attached hydrogens (tertiary/aromatic N) is 1. The Balaban J connectivity index is 2.26. The monoisotopic (exact) mass is 367 g/mol. The Kier molecular flexibility index (Phi) is 5.49. The highest BCUT2D eigenvalue weighted by molar-refractivity contribution is 5.96. The van der Waals surface area contributed by atoms with Crippen molar-refractivity contribution < 1.29 is 19.1 Å². The molecule has 0 saturated heterocycles. The van der Waals surface area contributed by atoms with Gasteiger partial charge in [0.2, 0.25) is 0 Å². The lowest BCUT2D eigenvalue weighted by Crippen LogP contribution is -2.42. The molecule has 2 aromatic carbocycles. The van der Waals surface area contributed by atoms with Gasteiger partial charge in [-0.1, -0.05) is 42.5 Å². The van der Waals surface area contributed by atoms with Gasteiger partial charge in [0.05, 0.1) is 25.2 Å². The highest BCUT2D eigenvalue weighted by atomic mass is 16.5. The van der Waals surface area contributed by atoms with Gasteiger partial charge in [0, 0.05) is 25.2 Å². The molecule has 0 unspecified atom stereocenters. The van der Waals surface area contributed by atoms with Crippen LogP contribution in [-0.2, 0) is 19.1 Å². The maximum absolute atomic E-state index is 12.9. The van der Waals surface area contributed by atoms with E-state index in [1.165, 1.54) is 7.11 Å². The van der Waals surface area contributed by atoms with Crippen molar-refractivity contribution in [3.05, 3.63) is 59.3 Å². The molecule has 1 heterocycles. The molecule has 0 aromatic heterocycles. The maximum Gasteiger partial charge on any atom is 0.336 e.